The van der Waals surface area contributed by atoms with Crippen molar-refractivity contribution >= 4 is 21.9 Å². The van der Waals surface area contributed by atoms with E-state index in [0.717, 1.165) is 36.8 Å². The third-order valence-corrected chi connectivity index (χ3v) is 7.88. The van der Waals surface area contributed by atoms with Crippen LogP contribution in [0, 0.1) is 0 Å². The van der Waals surface area contributed by atoms with Crippen LogP contribution < -0.4 is 5.32 Å². The number of hydrogen-bond acceptors (Lipinski definition) is 6. The summed E-state index contributed by atoms with van der Waals surface area (Å²) in [6.45, 7) is 1.10. The van der Waals surface area contributed by atoms with Crippen molar-refractivity contribution in [1.29, 1.82) is 0 Å². The van der Waals surface area contributed by atoms with Gasteiger partial charge in [-0.05, 0) is 54.7 Å². The van der Waals surface area contributed by atoms with E-state index in [1.54, 1.807) is 40.7 Å². The van der Waals surface area contributed by atoms with E-state index < -0.39 is 22.0 Å². The minimum absolute atomic E-state index is 0.118. The summed E-state index contributed by atoms with van der Waals surface area (Å²) in [5, 5.41) is 12.1. The van der Waals surface area contributed by atoms with E-state index in [0.29, 0.717) is 19.5 Å². The van der Waals surface area contributed by atoms with Gasteiger partial charge in [-0.2, -0.15) is 4.31 Å². The highest BCUT2D eigenvalue weighted by molar-refractivity contribution is 7.89. The molecule has 34 heavy (non-hydrogen) atoms. The van der Waals surface area contributed by atoms with Gasteiger partial charge in [-0.3, -0.25) is 4.79 Å². The number of hydrogen-bond donors (Lipinski definition) is 2. The van der Waals surface area contributed by atoms with Gasteiger partial charge in [0.1, 0.15) is 11.8 Å². The Bertz CT molecular complexity index is 1060. The lowest BCUT2D eigenvalue weighted by Crippen LogP contribution is -2.43. The van der Waals surface area contributed by atoms with Gasteiger partial charge in [0.15, 0.2) is 0 Å². The van der Waals surface area contributed by atoms with Crippen molar-refractivity contribution in [1.82, 2.24) is 9.62 Å². The third kappa shape index (κ3) is 7.04. The average Bonchev–Trinajstić information content (AvgIpc) is 3.14. The van der Waals surface area contributed by atoms with Crippen molar-refractivity contribution in [2.45, 2.75) is 55.9 Å². The number of rotatable bonds is 9. The van der Waals surface area contributed by atoms with Gasteiger partial charge in [0.2, 0.25) is 15.9 Å². The fourth-order valence-electron chi connectivity index (χ4n) is 3.99. The standard InChI is InChI=1S/C25H32N2O6S/c1-33-25(30)23(18-20-6-11-21(28)12-7-20)26-24(29)15-10-19-8-13-22(14-9-19)34(31,32)27-16-4-2-3-5-17-27/h6-9,11-14,23,28H,2-5,10,15-18H2,1H3,(H,26,29). The van der Waals surface area contributed by atoms with Crippen molar-refractivity contribution in [3.05, 3.63) is 59.7 Å². The van der Waals surface area contributed by atoms with Crippen molar-refractivity contribution in [3.63, 3.8) is 0 Å². The summed E-state index contributed by atoms with van der Waals surface area (Å²) in [4.78, 5) is 24.9. The number of benzene rings is 2. The van der Waals surface area contributed by atoms with E-state index in [2.05, 4.69) is 5.32 Å². The Morgan fingerprint density at radius 1 is 0.971 bits per heavy atom. The van der Waals surface area contributed by atoms with Crippen molar-refractivity contribution in [2.75, 3.05) is 20.2 Å². The summed E-state index contributed by atoms with van der Waals surface area (Å²) in [5.74, 6) is -0.743. The Hall–Kier alpha value is -2.91. The molecule has 1 aliphatic rings. The number of ether oxygens (including phenoxy) is 1. The maximum Gasteiger partial charge on any atom is 0.328 e. The number of nitrogens with zero attached hydrogens (tertiary/aromatic N) is 1. The molecule has 3 rings (SSSR count). The molecule has 1 heterocycles. The first kappa shape index (κ1) is 25.7. The number of esters is 1. The summed E-state index contributed by atoms with van der Waals surface area (Å²) in [5.41, 5.74) is 1.60. The zero-order valence-electron chi connectivity index (χ0n) is 19.4. The van der Waals surface area contributed by atoms with Crippen LogP contribution in [-0.2, 0) is 37.2 Å². The molecule has 0 aliphatic carbocycles. The Labute approximate surface area is 201 Å². The first-order chi connectivity index (χ1) is 16.3. The first-order valence-electron chi connectivity index (χ1n) is 11.5. The molecule has 2 aromatic rings. The van der Waals surface area contributed by atoms with Crippen LogP contribution in [0.5, 0.6) is 5.75 Å². The van der Waals surface area contributed by atoms with Crippen molar-refractivity contribution in [3.8, 4) is 5.75 Å². The molecule has 1 saturated heterocycles. The van der Waals surface area contributed by atoms with Crippen molar-refractivity contribution in [2.24, 2.45) is 0 Å². The zero-order chi connectivity index (χ0) is 24.6. The maximum absolute atomic E-state index is 12.9. The molecule has 0 spiro atoms. The normalized spacial score (nSPS) is 15.8. The van der Waals surface area contributed by atoms with Crippen LogP contribution in [0.1, 0.15) is 43.2 Å². The SMILES string of the molecule is COC(=O)C(Cc1ccc(O)cc1)NC(=O)CCc1ccc(S(=O)(=O)N2CCCCCC2)cc1. The van der Waals surface area contributed by atoms with E-state index in [4.69, 9.17) is 4.74 Å². The van der Waals surface area contributed by atoms with Crippen molar-refractivity contribution < 1.29 is 27.9 Å². The van der Waals surface area contributed by atoms with Gasteiger partial charge in [0, 0.05) is 25.9 Å². The molecule has 1 atom stereocenters. The number of sulfonamides is 1. The first-order valence-corrected chi connectivity index (χ1v) is 13.0. The maximum atomic E-state index is 12.9. The number of methoxy groups -OCH3 is 1. The van der Waals surface area contributed by atoms with Crippen LogP contribution in [0.3, 0.4) is 0 Å². The van der Waals surface area contributed by atoms with Crippen LogP contribution in [0.4, 0.5) is 0 Å². The number of aryl methyl sites for hydroxylation is 1. The zero-order valence-corrected chi connectivity index (χ0v) is 20.2. The molecule has 0 radical (unpaired) electrons. The molecule has 1 unspecified atom stereocenters. The molecule has 1 fully saturated rings. The smallest absolute Gasteiger partial charge is 0.328 e. The van der Waals surface area contributed by atoms with E-state index in [1.165, 1.54) is 19.2 Å². The van der Waals surface area contributed by atoms with Gasteiger partial charge < -0.3 is 15.2 Å². The minimum Gasteiger partial charge on any atom is -0.508 e. The van der Waals surface area contributed by atoms with Gasteiger partial charge in [-0.1, -0.05) is 37.1 Å². The summed E-state index contributed by atoms with van der Waals surface area (Å²) < 4.78 is 32.2. The molecule has 8 nitrogen and oxygen atoms in total. The summed E-state index contributed by atoms with van der Waals surface area (Å²) in [6.07, 6.45) is 4.65. The molecule has 1 aliphatic heterocycles. The Morgan fingerprint density at radius 2 is 1.56 bits per heavy atom. The number of phenols is 1. The minimum atomic E-state index is -3.51. The molecule has 2 aromatic carbocycles. The lowest BCUT2D eigenvalue weighted by molar-refractivity contribution is -0.145. The fourth-order valence-corrected chi connectivity index (χ4v) is 5.50. The summed E-state index contributed by atoms with van der Waals surface area (Å²) in [6, 6.07) is 12.2. The number of amides is 1. The summed E-state index contributed by atoms with van der Waals surface area (Å²) >= 11 is 0. The van der Waals surface area contributed by atoms with Crippen LogP contribution in [0.25, 0.3) is 0 Å². The second-order valence-corrected chi connectivity index (χ2v) is 10.4. The van der Waals surface area contributed by atoms with Gasteiger partial charge in [-0.15, -0.1) is 0 Å². The number of aromatic hydroxyl groups is 1. The third-order valence-electron chi connectivity index (χ3n) is 5.96. The van der Waals surface area contributed by atoms with Gasteiger partial charge >= 0.3 is 5.97 Å². The molecule has 0 aromatic heterocycles. The van der Waals surface area contributed by atoms with E-state index >= 15 is 0 Å². The van der Waals surface area contributed by atoms with Gasteiger partial charge in [0.25, 0.3) is 0 Å². The lowest BCUT2D eigenvalue weighted by Gasteiger charge is -2.20. The quantitative estimate of drug-likeness (QED) is 0.525. The number of nitrogens with one attached hydrogen (secondary N) is 1. The fraction of sp³-hybridized carbons (Fsp3) is 0.440. The molecule has 184 valence electrons. The molecule has 9 heteroatoms. The highest BCUT2D eigenvalue weighted by Crippen LogP contribution is 2.21. The predicted octanol–water partition coefficient (Wildman–Crippen LogP) is 2.79. The number of carbonyl (C=O) groups excluding carboxylic acids is 2. The molecule has 0 saturated carbocycles. The molecule has 0 bridgehead atoms. The molecule has 1 amide bonds. The van der Waals surface area contributed by atoms with Crippen LogP contribution in [0.15, 0.2) is 53.4 Å². The van der Waals surface area contributed by atoms with E-state index in [1.807, 2.05) is 0 Å². The Kier molecular flexibility index (Phi) is 9.06. The van der Waals surface area contributed by atoms with E-state index in [9.17, 15) is 23.1 Å². The Balaban J connectivity index is 1.56. The predicted molar refractivity (Wildman–Crippen MR) is 128 cm³/mol. The van der Waals surface area contributed by atoms with Crippen LogP contribution in [-0.4, -0.2) is 55.9 Å². The summed E-state index contributed by atoms with van der Waals surface area (Å²) in [7, 11) is -2.24. The molecule has 2 N–H and O–H groups in total. The topological polar surface area (TPSA) is 113 Å². The highest BCUT2D eigenvalue weighted by Gasteiger charge is 2.25. The second-order valence-electron chi connectivity index (χ2n) is 8.48. The van der Waals surface area contributed by atoms with Gasteiger partial charge in [0.05, 0.1) is 12.0 Å². The highest BCUT2D eigenvalue weighted by atomic mass is 32.2. The van der Waals surface area contributed by atoms with Gasteiger partial charge in [-0.25, -0.2) is 13.2 Å². The molecular formula is C25H32N2O6S. The van der Waals surface area contributed by atoms with Crippen LogP contribution in [0.2, 0.25) is 0 Å². The monoisotopic (exact) mass is 488 g/mol. The lowest BCUT2D eigenvalue weighted by atomic mass is 10.0. The second kappa shape index (κ2) is 12.0. The largest absolute Gasteiger partial charge is 0.508 e. The van der Waals surface area contributed by atoms with E-state index in [-0.39, 0.29) is 29.4 Å². The Morgan fingerprint density at radius 3 is 2.15 bits per heavy atom. The number of carbonyl (C=O) groups is 2. The van der Waals surface area contributed by atoms with Crippen LogP contribution >= 0.6 is 0 Å². The molecular weight excluding hydrogens is 456 g/mol. The number of phenolic OH excluding ortho intramolecular Hbond substituents is 1. The average molecular weight is 489 g/mol.